The molecule has 1 aromatic carbocycles. The zero-order valence-corrected chi connectivity index (χ0v) is 11.7. The van der Waals surface area contributed by atoms with Gasteiger partial charge in [-0.3, -0.25) is 4.79 Å². The molecule has 2 rings (SSSR count). The second-order valence-electron chi connectivity index (χ2n) is 5.29. The third-order valence-electron chi connectivity index (χ3n) is 3.69. The Morgan fingerprint density at radius 3 is 2.57 bits per heavy atom. The highest BCUT2D eigenvalue weighted by Crippen LogP contribution is 2.29. The molecule has 1 aliphatic rings. The number of nitrogens with one attached hydrogen (secondary N) is 2. The number of carbonyl (C=O) groups excluding carboxylic acids is 1. The molecule has 1 atom stereocenters. The number of hydrogen-bond donors (Lipinski definition) is 2. The number of carbonyl (C=O) groups is 1. The molecule has 116 valence electrons. The second-order valence-corrected chi connectivity index (χ2v) is 5.29. The Bertz CT molecular complexity index is 463. The van der Waals surface area contributed by atoms with Gasteiger partial charge in [-0.25, -0.2) is 0 Å². The summed E-state index contributed by atoms with van der Waals surface area (Å²) in [6, 6.07) is 4.88. The van der Waals surface area contributed by atoms with Gasteiger partial charge >= 0.3 is 6.18 Å². The molecule has 6 heteroatoms. The lowest BCUT2D eigenvalue weighted by Gasteiger charge is -2.14. The minimum Gasteiger partial charge on any atom is -0.352 e. The molecular formula is C15H19F3N2O. The lowest BCUT2D eigenvalue weighted by atomic mass is 10.00. The van der Waals surface area contributed by atoms with Gasteiger partial charge in [0.25, 0.3) is 0 Å². The molecule has 0 spiro atoms. The molecule has 0 radical (unpaired) electrons. The van der Waals surface area contributed by atoms with Crippen molar-refractivity contribution in [1.82, 2.24) is 10.6 Å². The molecule has 1 amide bonds. The summed E-state index contributed by atoms with van der Waals surface area (Å²) in [6.45, 7) is 2.03. The van der Waals surface area contributed by atoms with E-state index in [1.165, 1.54) is 12.1 Å². The third-order valence-corrected chi connectivity index (χ3v) is 3.69. The molecule has 1 heterocycles. The van der Waals surface area contributed by atoms with Gasteiger partial charge in [0, 0.05) is 12.5 Å². The standard InChI is InChI=1S/C15H19F3N2O/c16-15(17,18)13-5-3-11(4-6-13)10-20-14(21)12-2-1-8-19-9-7-12/h3-6,12,19H,1-2,7-10H2,(H,20,21)/t12-/m0/s1. The van der Waals surface area contributed by atoms with E-state index >= 15 is 0 Å². The predicted molar refractivity (Wildman–Crippen MR) is 73.5 cm³/mol. The van der Waals surface area contributed by atoms with Crippen LogP contribution in [0.5, 0.6) is 0 Å². The molecule has 1 fully saturated rings. The van der Waals surface area contributed by atoms with Crippen LogP contribution in [0.4, 0.5) is 13.2 Å². The van der Waals surface area contributed by atoms with Crippen molar-refractivity contribution >= 4 is 5.91 Å². The molecule has 0 aromatic heterocycles. The fraction of sp³-hybridized carbons (Fsp3) is 0.533. The molecule has 0 saturated carbocycles. The number of benzene rings is 1. The van der Waals surface area contributed by atoms with Crippen molar-refractivity contribution in [2.24, 2.45) is 5.92 Å². The minimum absolute atomic E-state index is 0.00514. The smallest absolute Gasteiger partial charge is 0.352 e. The molecule has 21 heavy (non-hydrogen) atoms. The van der Waals surface area contributed by atoms with E-state index in [9.17, 15) is 18.0 Å². The summed E-state index contributed by atoms with van der Waals surface area (Å²) >= 11 is 0. The summed E-state index contributed by atoms with van der Waals surface area (Å²) in [6.07, 6.45) is -1.70. The predicted octanol–water partition coefficient (Wildman–Crippen LogP) is 2.71. The zero-order valence-electron chi connectivity index (χ0n) is 11.7. The van der Waals surface area contributed by atoms with Crippen LogP contribution in [-0.4, -0.2) is 19.0 Å². The third kappa shape index (κ3) is 4.74. The van der Waals surface area contributed by atoms with E-state index in [-0.39, 0.29) is 18.4 Å². The fourth-order valence-electron chi connectivity index (χ4n) is 2.43. The number of amides is 1. The van der Waals surface area contributed by atoms with Gasteiger partial charge in [0.2, 0.25) is 5.91 Å². The van der Waals surface area contributed by atoms with E-state index in [1.54, 1.807) is 0 Å². The van der Waals surface area contributed by atoms with E-state index in [0.717, 1.165) is 44.5 Å². The molecule has 2 N–H and O–H groups in total. The largest absolute Gasteiger partial charge is 0.416 e. The Labute approximate surface area is 121 Å². The highest BCUT2D eigenvalue weighted by molar-refractivity contribution is 5.78. The Balaban J connectivity index is 1.86. The molecule has 1 aromatic rings. The van der Waals surface area contributed by atoms with E-state index in [2.05, 4.69) is 10.6 Å². The Hall–Kier alpha value is -1.56. The number of rotatable bonds is 3. The van der Waals surface area contributed by atoms with Crippen molar-refractivity contribution in [3.8, 4) is 0 Å². The number of alkyl halides is 3. The maximum absolute atomic E-state index is 12.4. The molecule has 0 bridgehead atoms. The van der Waals surface area contributed by atoms with Crippen LogP contribution < -0.4 is 10.6 Å². The molecule has 3 nitrogen and oxygen atoms in total. The lowest BCUT2D eigenvalue weighted by Crippen LogP contribution is -2.30. The maximum atomic E-state index is 12.4. The summed E-state index contributed by atoms with van der Waals surface area (Å²) in [7, 11) is 0. The van der Waals surface area contributed by atoms with Gasteiger partial charge in [0.15, 0.2) is 0 Å². The highest BCUT2D eigenvalue weighted by Gasteiger charge is 2.29. The van der Waals surface area contributed by atoms with E-state index < -0.39 is 11.7 Å². The van der Waals surface area contributed by atoms with E-state index in [1.807, 2.05) is 0 Å². The first kappa shape index (κ1) is 15.8. The minimum atomic E-state index is -4.32. The maximum Gasteiger partial charge on any atom is 0.416 e. The number of halogens is 3. The summed E-state index contributed by atoms with van der Waals surface area (Å²) in [4.78, 5) is 12.0. The van der Waals surface area contributed by atoms with Crippen molar-refractivity contribution in [3.05, 3.63) is 35.4 Å². The average Bonchev–Trinajstić information content (AvgIpc) is 2.73. The monoisotopic (exact) mass is 300 g/mol. The van der Waals surface area contributed by atoms with Crippen LogP contribution in [0, 0.1) is 5.92 Å². The summed E-state index contributed by atoms with van der Waals surface area (Å²) in [5.41, 5.74) is -0.00415. The highest BCUT2D eigenvalue weighted by atomic mass is 19.4. The van der Waals surface area contributed by atoms with Gasteiger partial charge in [0.1, 0.15) is 0 Å². The van der Waals surface area contributed by atoms with Crippen molar-refractivity contribution < 1.29 is 18.0 Å². The Morgan fingerprint density at radius 1 is 1.19 bits per heavy atom. The van der Waals surface area contributed by atoms with Crippen molar-refractivity contribution in [1.29, 1.82) is 0 Å². The normalized spacial score (nSPS) is 19.9. The first-order chi connectivity index (χ1) is 9.97. The van der Waals surface area contributed by atoms with Crippen LogP contribution >= 0.6 is 0 Å². The molecule has 0 unspecified atom stereocenters. The molecule has 1 saturated heterocycles. The van der Waals surface area contributed by atoms with Gasteiger partial charge in [-0.05, 0) is 50.0 Å². The van der Waals surface area contributed by atoms with Crippen LogP contribution in [0.2, 0.25) is 0 Å². The molecule has 1 aliphatic heterocycles. The summed E-state index contributed by atoms with van der Waals surface area (Å²) in [5, 5.41) is 6.05. The van der Waals surface area contributed by atoms with E-state index in [4.69, 9.17) is 0 Å². The van der Waals surface area contributed by atoms with Gasteiger partial charge in [-0.2, -0.15) is 13.2 Å². The quantitative estimate of drug-likeness (QED) is 0.901. The average molecular weight is 300 g/mol. The first-order valence-electron chi connectivity index (χ1n) is 7.11. The van der Waals surface area contributed by atoms with Gasteiger partial charge < -0.3 is 10.6 Å². The van der Waals surface area contributed by atoms with Crippen LogP contribution in [0.3, 0.4) is 0 Å². The number of hydrogen-bond acceptors (Lipinski definition) is 2. The SMILES string of the molecule is O=C(NCc1ccc(C(F)(F)F)cc1)[C@H]1CCCNCC1. The molecule has 0 aliphatic carbocycles. The Kier molecular flexibility index (Phi) is 5.22. The topological polar surface area (TPSA) is 41.1 Å². The Morgan fingerprint density at radius 2 is 1.90 bits per heavy atom. The zero-order chi connectivity index (χ0) is 15.3. The van der Waals surface area contributed by atoms with Crippen LogP contribution in [0.15, 0.2) is 24.3 Å². The summed E-state index contributed by atoms with van der Waals surface area (Å²) < 4.78 is 37.3. The molecular weight excluding hydrogens is 281 g/mol. The van der Waals surface area contributed by atoms with Crippen LogP contribution in [0.25, 0.3) is 0 Å². The summed E-state index contributed by atoms with van der Waals surface area (Å²) in [5.74, 6) is -0.0203. The van der Waals surface area contributed by atoms with Gasteiger partial charge in [-0.1, -0.05) is 12.1 Å². The van der Waals surface area contributed by atoms with Crippen molar-refractivity contribution in [3.63, 3.8) is 0 Å². The fourth-order valence-corrected chi connectivity index (χ4v) is 2.43. The lowest BCUT2D eigenvalue weighted by molar-refractivity contribution is -0.137. The second kappa shape index (κ2) is 6.93. The van der Waals surface area contributed by atoms with Crippen LogP contribution in [0.1, 0.15) is 30.4 Å². The van der Waals surface area contributed by atoms with Gasteiger partial charge in [-0.15, -0.1) is 0 Å². The first-order valence-corrected chi connectivity index (χ1v) is 7.11. The van der Waals surface area contributed by atoms with Crippen molar-refractivity contribution in [2.75, 3.05) is 13.1 Å². The van der Waals surface area contributed by atoms with E-state index in [0.29, 0.717) is 5.56 Å². The van der Waals surface area contributed by atoms with Gasteiger partial charge in [0.05, 0.1) is 5.56 Å². The van der Waals surface area contributed by atoms with Crippen LogP contribution in [-0.2, 0) is 17.5 Å². The van der Waals surface area contributed by atoms with Crippen molar-refractivity contribution in [2.45, 2.75) is 32.0 Å².